The van der Waals surface area contributed by atoms with Crippen LogP contribution in [-0.2, 0) is 9.84 Å². The summed E-state index contributed by atoms with van der Waals surface area (Å²) in [6.45, 7) is 3.49. The van der Waals surface area contributed by atoms with Gasteiger partial charge in [0.2, 0.25) is 0 Å². The molecule has 0 aliphatic carbocycles. The first-order valence-electron chi connectivity index (χ1n) is 4.91. The molecule has 16 heavy (non-hydrogen) atoms. The Morgan fingerprint density at radius 1 is 1.38 bits per heavy atom. The molecule has 5 heteroatoms. The topological polar surface area (TPSA) is 70.8 Å². The van der Waals surface area contributed by atoms with Crippen LogP contribution >= 0.6 is 0 Å². The molecule has 0 unspecified atom stereocenters. The first-order chi connectivity index (χ1) is 7.36. The zero-order valence-corrected chi connectivity index (χ0v) is 10.3. The van der Waals surface area contributed by atoms with Crippen molar-refractivity contribution in [3.8, 4) is 6.07 Å². The Hall–Kier alpha value is -1.41. The molecule has 2 atom stereocenters. The normalized spacial score (nSPS) is 15.1. The molecule has 1 aromatic rings. The monoisotopic (exact) mass is 238 g/mol. The van der Waals surface area contributed by atoms with Crippen LogP contribution in [0.15, 0.2) is 18.3 Å². The third-order valence-electron chi connectivity index (χ3n) is 2.76. The Balaban J connectivity index is 2.98. The highest BCUT2D eigenvalue weighted by Crippen LogP contribution is 2.21. The van der Waals surface area contributed by atoms with Gasteiger partial charge in [-0.25, -0.2) is 8.42 Å². The molecule has 0 radical (unpaired) electrons. The molecule has 86 valence electrons. The zero-order valence-electron chi connectivity index (χ0n) is 9.51. The molecule has 0 fully saturated rings. The number of nitrogens with zero attached hydrogens (tertiary/aromatic N) is 2. The predicted octanol–water partition coefficient (Wildman–Crippen LogP) is 1.49. The first-order valence-corrected chi connectivity index (χ1v) is 6.86. The molecule has 0 saturated carbocycles. The third-order valence-corrected chi connectivity index (χ3v) is 4.52. The average Bonchev–Trinajstić information content (AvgIpc) is 2.26. The van der Waals surface area contributed by atoms with Crippen LogP contribution in [0.2, 0.25) is 0 Å². The van der Waals surface area contributed by atoms with Crippen LogP contribution in [0.3, 0.4) is 0 Å². The number of rotatable bonds is 3. The van der Waals surface area contributed by atoms with E-state index in [4.69, 9.17) is 5.26 Å². The molecule has 0 N–H and O–H groups in total. The minimum Gasteiger partial charge on any atom is -0.260 e. The molecule has 0 aliphatic rings. The summed E-state index contributed by atoms with van der Waals surface area (Å²) >= 11 is 0. The lowest BCUT2D eigenvalue weighted by atomic mass is 10.0. The van der Waals surface area contributed by atoms with Gasteiger partial charge in [-0.3, -0.25) is 4.98 Å². The molecular formula is C11H14N2O2S. The van der Waals surface area contributed by atoms with Crippen LogP contribution in [0, 0.1) is 11.3 Å². The van der Waals surface area contributed by atoms with E-state index in [1.807, 2.05) is 13.0 Å². The number of pyridine rings is 1. The fraction of sp³-hybridized carbons (Fsp3) is 0.455. The van der Waals surface area contributed by atoms with Gasteiger partial charge in [-0.1, -0.05) is 6.92 Å². The molecular weight excluding hydrogens is 224 g/mol. The zero-order chi connectivity index (χ0) is 12.3. The van der Waals surface area contributed by atoms with E-state index in [1.165, 1.54) is 12.5 Å². The van der Waals surface area contributed by atoms with Gasteiger partial charge in [-0.15, -0.1) is 0 Å². The third kappa shape index (κ3) is 2.80. The molecule has 0 amide bonds. The second kappa shape index (κ2) is 4.62. The number of sulfone groups is 1. The lowest BCUT2D eigenvalue weighted by Crippen LogP contribution is -2.23. The van der Waals surface area contributed by atoms with E-state index >= 15 is 0 Å². The summed E-state index contributed by atoms with van der Waals surface area (Å²) in [6.07, 6.45) is 2.68. The molecule has 1 rings (SSSR count). The number of nitriles is 1. The first kappa shape index (κ1) is 12.7. The SMILES string of the molecule is C[C@H](c1ccc(C#N)cn1)[C@H](C)S(C)(=O)=O. The minimum atomic E-state index is -3.07. The second-order valence-corrected chi connectivity index (χ2v) is 6.31. The van der Waals surface area contributed by atoms with Gasteiger partial charge >= 0.3 is 0 Å². The van der Waals surface area contributed by atoms with Gasteiger partial charge in [-0.05, 0) is 19.1 Å². The van der Waals surface area contributed by atoms with Gasteiger partial charge in [-0.2, -0.15) is 5.26 Å². The lowest BCUT2D eigenvalue weighted by molar-refractivity contribution is 0.573. The molecule has 0 spiro atoms. The van der Waals surface area contributed by atoms with E-state index in [0.29, 0.717) is 11.3 Å². The van der Waals surface area contributed by atoms with E-state index in [2.05, 4.69) is 4.98 Å². The van der Waals surface area contributed by atoms with Gasteiger partial charge in [0.15, 0.2) is 9.84 Å². The largest absolute Gasteiger partial charge is 0.260 e. The molecule has 0 saturated heterocycles. The van der Waals surface area contributed by atoms with E-state index in [-0.39, 0.29) is 5.92 Å². The summed E-state index contributed by atoms with van der Waals surface area (Å²) in [5.74, 6) is -0.178. The number of aromatic nitrogens is 1. The number of hydrogen-bond acceptors (Lipinski definition) is 4. The fourth-order valence-electron chi connectivity index (χ4n) is 1.35. The van der Waals surface area contributed by atoms with Gasteiger partial charge in [0, 0.05) is 24.1 Å². The van der Waals surface area contributed by atoms with Crippen molar-refractivity contribution in [1.29, 1.82) is 5.26 Å². The minimum absolute atomic E-state index is 0.178. The van der Waals surface area contributed by atoms with E-state index in [1.54, 1.807) is 19.1 Å². The highest BCUT2D eigenvalue weighted by atomic mass is 32.2. The van der Waals surface area contributed by atoms with E-state index in [9.17, 15) is 8.42 Å². The van der Waals surface area contributed by atoms with Crippen LogP contribution in [0.1, 0.15) is 31.0 Å². The van der Waals surface area contributed by atoms with Crippen LogP contribution in [0.4, 0.5) is 0 Å². The van der Waals surface area contributed by atoms with Crippen molar-refractivity contribution in [2.75, 3.05) is 6.26 Å². The van der Waals surface area contributed by atoms with Crippen molar-refractivity contribution < 1.29 is 8.42 Å². The van der Waals surface area contributed by atoms with Crippen molar-refractivity contribution in [3.05, 3.63) is 29.6 Å². The predicted molar refractivity (Wildman–Crippen MR) is 61.7 cm³/mol. The van der Waals surface area contributed by atoms with E-state index in [0.717, 1.165) is 0 Å². The Morgan fingerprint density at radius 3 is 2.38 bits per heavy atom. The summed E-state index contributed by atoms with van der Waals surface area (Å²) in [4.78, 5) is 4.10. The molecule has 0 aliphatic heterocycles. The van der Waals surface area contributed by atoms with Crippen LogP contribution < -0.4 is 0 Å². The van der Waals surface area contributed by atoms with Crippen molar-refractivity contribution >= 4 is 9.84 Å². The summed E-state index contributed by atoms with van der Waals surface area (Å²) in [5.41, 5.74) is 1.17. The number of hydrogen-bond donors (Lipinski definition) is 0. The smallest absolute Gasteiger partial charge is 0.150 e. The highest BCUT2D eigenvalue weighted by molar-refractivity contribution is 7.91. The summed E-state index contributed by atoms with van der Waals surface area (Å²) in [6, 6.07) is 5.32. The van der Waals surface area contributed by atoms with Crippen molar-refractivity contribution in [2.45, 2.75) is 25.0 Å². The Kier molecular flexibility index (Phi) is 3.66. The maximum Gasteiger partial charge on any atom is 0.150 e. The van der Waals surface area contributed by atoms with Crippen molar-refractivity contribution in [1.82, 2.24) is 4.98 Å². The maximum atomic E-state index is 11.4. The van der Waals surface area contributed by atoms with Gasteiger partial charge in [0.1, 0.15) is 6.07 Å². The summed E-state index contributed by atoms with van der Waals surface area (Å²) in [5, 5.41) is 8.14. The van der Waals surface area contributed by atoms with Crippen LogP contribution in [-0.4, -0.2) is 24.9 Å². The molecule has 4 nitrogen and oxygen atoms in total. The molecule has 0 bridgehead atoms. The maximum absolute atomic E-state index is 11.4. The van der Waals surface area contributed by atoms with Gasteiger partial charge in [0.05, 0.1) is 10.8 Å². The molecule has 1 aromatic heterocycles. The Labute approximate surface area is 95.9 Å². The van der Waals surface area contributed by atoms with Crippen molar-refractivity contribution in [2.24, 2.45) is 0 Å². The van der Waals surface area contributed by atoms with Crippen LogP contribution in [0.25, 0.3) is 0 Å². The summed E-state index contributed by atoms with van der Waals surface area (Å²) < 4.78 is 22.8. The lowest BCUT2D eigenvalue weighted by Gasteiger charge is -2.17. The Bertz CT molecular complexity index is 500. The van der Waals surface area contributed by atoms with Crippen molar-refractivity contribution in [3.63, 3.8) is 0 Å². The molecule has 1 heterocycles. The second-order valence-electron chi connectivity index (χ2n) is 3.91. The van der Waals surface area contributed by atoms with Crippen LogP contribution in [0.5, 0.6) is 0 Å². The molecule has 0 aromatic carbocycles. The van der Waals surface area contributed by atoms with Gasteiger partial charge in [0.25, 0.3) is 0 Å². The quantitative estimate of drug-likeness (QED) is 0.799. The highest BCUT2D eigenvalue weighted by Gasteiger charge is 2.24. The van der Waals surface area contributed by atoms with Gasteiger partial charge < -0.3 is 0 Å². The Morgan fingerprint density at radius 2 is 2.00 bits per heavy atom. The summed E-state index contributed by atoms with van der Waals surface area (Å²) in [7, 11) is -3.07. The average molecular weight is 238 g/mol. The fourth-order valence-corrected chi connectivity index (χ4v) is 2.23. The van der Waals surface area contributed by atoms with E-state index < -0.39 is 15.1 Å². The standard InChI is InChI=1S/C11H14N2O2S/c1-8(9(2)16(3,14)15)11-5-4-10(6-12)7-13-11/h4-5,7-9H,1-3H3/t8-,9-/m0/s1.